The summed E-state index contributed by atoms with van der Waals surface area (Å²) < 4.78 is 0. The summed E-state index contributed by atoms with van der Waals surface area (Å²) >= 11 is 0. The molecule has 2 rings (SSSR count). The highest BCUT2D eigenvalue weighted by Gasteiger charge is 2.01. The second-order valence-corrected chi connectivity index (χ2v) is 3.96. The van der Waals surface area contributed by atoms with Crippen LogP contribution in [0.4, 0.5) is 0 Å². The molecule has 0 amide bonds. The second-order valence-electron chi connectivity index (χ2n) is 3.96. The van der Waals surface area contributed by atoms with Crippen molar-refractivity contribution >= 4 is 0 Å². The molecule has 1 aromatic carbocycles. The summed E-state index contributed by atoms with van der Waals surface area (Å²) in [5.41, 5.74) is 3.25. The van der Waals surface area contributed by atoms with Crippen molar-refractivity contribution in [2.75, 3.05) is 0 Å². The molecule has 88 valence electrons. The first-order valence-electron chi connectivity index (χ1n) is 5.85. The highest BCUT2D eigenvalue weighted by Crippen LogP contribution is 2.17. The van der Waals surface area contributed by atoms with Crippen molar-refractivity contribution in [2.24, 2.45) is 0 Å². The lowest BCUT2D eigenvalue weighted by atomic mass is 10.1. The number of nitrogens with zero attached hydrogens (tertiary/aromatic N) is 2. The number of aliphatic hydroxyl groups excluding tert-OH is 1. The first kappa shape index (κ1) is 11.7. The average Bonchev–Trinajstić information content (AvgIpc) is 2.40. The Balaban J connectivity index is 2.26. The van der Waals surface area contributed by atoms with Gasteiger partial charge in [0.15, 0.2) is 5.82 Å². The monoisotopic (exact) mass is 228 g/mol. The Morgan fingerprint density at radius 2 is 1.88 bits per heavy atom. The van der Waals surface area contributed by atoms with Crippen molar-refractivity contribution in [3.63, 3.8) is 0 Å². The zero-order valence-electron chi connectivity index (χ0n) is 9.93. The lowest BCUT2D eigenvalue weighted by Crippen LogP contribution is -1.95. The molecule has 0 aliphatic carbocycles. The topological polar surface area (TPSA) is 46.0 Å². The fourth-order valence-electron chi connectivity index (χ4n) is 1.77. The molecule has 1 heterocycles. The van der Waals surface area contributed by atoms with E-state index in [0.29, 0.717) is 5.82 Å². The Bertz CT molecular complexity index is 480. The average molecular weight is 228 g/mol. The van der Waals surface area contributed by atoms with Gasteiger partial charge in [-0.1, -0.05) is 37.6 Å². The molecule has 0 bridgehead atoms. The van der Waals surface area contributed by atoms with E-state index in [-0.39, 0.29) is 6.61 Å². The summed E-state index contributed by atoms with van der Waals surface area (Å²) in [5, 5.41) is 9.00. The summed E-state index contributed by atoms with van der Waals surface area (Å²) in [6.45, 7) is 2.05. The van der Waals surface area contributed by atoms with Gasteiger partial charge in [-0.2, -0.15) is 0 Å². The molecule has 17 heavy (non-hydrogen) atoms. The normalized spacial score (nSPS) is 10.5. The second kappa shape index (κ2) is 5.55. The van der Waals surface area contributed by atoms with Crippen molar-refractivity contribution in [1.29, 1.82) is 0 Å². The molecule has 0 unspecified atom stereocenters. The summed E-state index contributed by atoms with van der Waals surface area (Å²) in [7, 11) is 0. The maximum Gasteiger partial charge on any atom is 0.154 e. The van der Waals surface area contributed by atoms with Crippen LogP contribution < -0.4 is 0 Å². The molecule has 0 saturated heterocycles. The van der Waals surface area contributed by atoms with E-state index in [1.165, 1.54) is 5.56 Å². The Hall–Kier alpha value is -1.74. The van der Waals surface area contributed by atoms with Crippen LogP contribution in [0.2, 0.25) is 0 Å². The molecule has 0 saturated carbocycles. The quantitative estimate of drug-likeness (QED) is 0.874. The van der Waals surface area contributed by atoms with Gasteiger partial charge in [-0.25, -0.2) is 9.97 Å². The predicted octanol–water partition coefficient (Wildman–Crippen LogP) is 2.59. The Kier molecular flexibility index (Phi) is 3.83. The van der Waals surface area contributed by atoms with Gasteiger partial charge >= 0.3 is 0 Å². The summed E-state index contributed by atoms with van der Waals surface area (Å²) in [4.78, 5) is 8.25. The van der Waals surface area contributed by atoms with E-state index in [9.17, 15) is 0 Å². The highest BCUT2D eigenvalue weighted by molar-refractivity contribution is 5.58. The van der Waals surface area contributed by atoms with Crippen LogP contribution >= 0.6 is 0 Å². The molecule has 3 nitrogen and oxygen atoms in total. The molecular formula is C14H16N2O. The lowest BCUT2D eigenvalue weighted by molar-refractivity contribution is 0.271. The van der Waals surface area contributed by atoms with Gasteiger partial charge < -0.3 is 5.11 Å². The van der Waals surface area contributed by atoms with Gasteiger partial charge in [0.2, 0.25) is 0 Å². The van der Waals surface area contributed by atoms with Crippen LogP contribution in [-0.2, 0) is 13.0 Å². The van der Waals surface area contributed by atoms with Gasteiger partial charge in [0, 0.05) is 11.8 Å². The van der Waals surface area contributed by atoms with Crippen LogP contribution in [0.1, 0.15) is 24.7 Å². The fraction of sp³-hybridized carbons (Fsp3) is 0.286. The van der Waals surface area contributed by atoms with E-state index in [0.717, 1.165) is 24.1 Å². The van der Waals surface area contributed by atoms with Gasteiger partial charge in [-0.15, -0.1) is 0 Å². The number of hydrogen-bond acceptors (Lipinski definition) is 3. The first-order valence-corrected chi connectivity index (χ1v) is 5.85. The van der Waals surface area contributed by atoms with Crippen LogP contribution in [0.3, 0.4) is 0 Å². The van der Waals surface area contributed by atoms with E-state index >= 15 is 0 Å². The van der Waals surface area contributed by atoms with Gasteiger partial charge in [0.1, 0.15) is 6.61 Å². The van der Waals surface area contributed by atoms with Gasteiger partial charge in [0.05, 0.1) is 5.69 Å². The van der Waals surface area contributed by atoms with E-state index in [2.05, 4.69) is 41.2 Å². The lowest BCUT2D eigenvalue weighted by Gasteiger charge is -2.04. The Labute approximate surface area is 101 Å². The first-order chi connectivity index (χ1) is 8.33. The maximum atomic E-state index is 9.00. The van der Waals surface area contributed by atoms with Gasteiger partial charge in [0.25, 0.3) is 0 Å². The number of hydrogen-bond donors (Lipinski definition) is 1. The maximum absolute atomic E-state index is 9.00. The molecule has 0 aliphatic heterocycles. The summed E-state index contributed by atoms with van der Waals surface area (Å²) in [5.74, 6) is 0.458. The summed E-state index contributed by atoms with van der Waals surface area (Å²) in [6.07, 6.45) is 3.93. The standard InChI is InChI=1S/C14H16N2O/c1-2-3-11-4-6-12(7-5-11)13-8-9-15-14(10-17)16-13/h4-9,17H,2-3,10H2,1H3. The molecule has 0 aliphatic rings. The van der Waals surface area contributed by atoms with Crippen LogP contribution in [0.5, 0.6) is 0 Å². The molecule has 0 atom stereocenters. The number of aryl methyl sites for hydroxylation is 1. The minimum Gasteiger partial charge on any atom is -0.388 e. The number of aliphatic hydroxyl groups is 1. The number of rotatable bonds is 4. The molecule has 1 N–H and O–H groups in total. The van der Waals surface area contributed by atoms with Crippen LogP contribution in [0.15, 0.2) is 36.5 Å². The molecule has 2 aromatic rings. The highest BCUT2D eigenvalue weighted by atomic mass is 16.3. The van der Waals surface area contributed by atoms with Crippen LogP contribution in [0.25, 0.3) is 11.3 Å². The molecule has 0 radical (unpaired) electrons. The van der Waals surface area contributed by atoms with Crippen molar-refractivity contribution in [3.8, 4) is 11.3 Å². The molecule has 1 aromatic heterocycles. The Morgan fingerprint density at radius 1 is 1.12 bits per heavy atom. The third kappa shape index (κ3) is 2.88. The molecule has 0 spiro atoms. The van der Waals surface area contributed by atoms with Crippen molar-refractivity contribution in [1.82, 2.24) is 9.97 Å². The van der Waals surface area contributed by atoms with Gasteiger partial charge in [-0.3, -0.25) is 0 Å². The van der Waals surface area contributed by atoms with E-state index in [1.54, 1.807) is 6.20 Å². The Morgan fingerprint density at radius 3 is 2.53 bits per heavy atom. The largest absolute Gasteiger partial charge is 0.388 e. The fourth-order valence-corrected chi connectivity index (χ4v) is 1.77. The minimum atomic E-state index is -0.123. The minimum absolute atomic E-state index is 0.123. The third-order valence-corrected chi connectivity index (χ3v) is 2.64. The predicted molar refractivity (Wildman–Crippen MR) is 67.4 cm³/mol. The number of benzene rings is 1. The van der Waals surface area contributed by atoms with Crippen molar-refractivity contribution < 1.29 is 5.11 Å². The van der Waals surface area contributed by atoms with E-state index < -0.39 is 0 Å². The van der Waals surface area contributed by atoms with E-state index in [1.807, 2.05) is 6.07 Å². The van der Waals surface area contributed by atoms with E-state index in [4.69, 9.17) is 5.11 Å². The van der Waals surface area contributed by atoms with Crippen LogP contribution in [-0.4, -0.2) is 15.1 Å². The molecule has 3 heteroatoms. The summed E-state index contributed by atoms with van der Waals surface area (Å²) in [6, 6.07) is 10.2. The third-order valence-electron chi connectivity index (χ3n) is 2.64. The number of aromatic nitrogens is 2. The van der Waals surface area contributed by atoms with Crippen LogP contribution in [0, 0.1) is 0 Å². The zero-order chi connectivity index (χ0) is 12.1. The zero-order valence-corrected chi connectivity index (χ0v) is 9.93. The van der Waals surface area contributed by atoms with Crippen molar-refractivity contribution in [3.05, 3.63) is 47.9 Å². The molecular weight excluding hydrogens is 212 g/mol. The smallest absolute Gasteiger partial charge is 0.154 e. The SMILES string of the molecule is CCCc1ccc(-c2ccnc(CO)n2)cc1. The van der Waals surface area contributed by atoms with Crippen molar-refractivity contribution in [2.45, 2.75) is 26.4 Å². The molecule has 0 fully saturated rings. The van der Waals surface area contributed by atoms with Gasteiger partial charge in [-0.05, 0) is 18.1 Å².